The van der Waals surface area contributed by atoms with E-state index < -0.39 is 34.9 Å². The van der Waals surface area contributed by atoms with Crippen molar-refractivity contribution in [1.29, 1.82) is 0 Å². The van der Waals surface area contributed by atoms with Crippen LogP contribution in [0.5, 0.6) is 11.5 Å². The van der Waals surface area contributed by atoms with Crippen LogP contribution in [0.1, 0.15) is 5.56 Å². The number of hydrogen-bond donors (Lipinski definition) is 3. The Morgan fingerprint density at radius 1 is 1.47 bits per heavy atom. The molecule has 0 radical (unpaired) electrons. The standard InChI is InChI=1S/C11H12F2N2O4/c1-19-9-6(12)4-5(7(13)8(9)16)2-3-15-11(18)10(14)17/h4,16H,2-3H2,1H3,(H2,14,17)(H,15,18). The molecule has 8 heteroatoms. The van der Waals surface area contributed by atoms with E-state index in [0.717, 1.165) is 13.2 Å². The number of primary amides is 1. The third-order valence-corrected chi connectivity index (χ3v) is 2.33. The summed E-state index contributed by atoms with van der Waals surface area (Å²) in [6, 6.07) is 0.838. The van der Waals surface area contributed by atoms with E-state index in [1.165, 1.54) is 0 Å². The summed E-state index contributed by atoms with van der Waals surface area (Å²) in [5, 5.41) is 11.5. The van der Waals surface area contributed by atoms with Crippen molar-refractivity contribution in [2.45, 2.75) is 6.42 Å². The fourth-order valence-corrected chi connectivity index (χ4v) is 1.42. The molecule has 0 bridgehead atoms. The first-order chi connectivity index (χ1) is 8.88. The van der Waals surface area contributed by atoms with Crippen LogP contribution in [0.15, 0.2) is 6.07 Å². The van der Waals surface area contributed by atoms with E-state index in [9.17, 15) is 23.5 Å². The number of nitrogens with one attached hydrogen (secondary N) is 1. The molecule has 0 aliphatic rings. The average Bonchev–Trinajstić information content (AvgIpc) is 2.35. The molecule has 104 valence electrons. The van der Waals surface area contributed by atoms with Gasteiger partial charge in [-0.15, -0.1) is 0 Å². The van der Waals surface area contributed by atoms with Crippen LogP contribution in [0, 0.1) is 11.6 Å². The van der Waals surface area contributed by atoms with Crippen LogP contribution < -0.4 is 15.8 Å². The number of amides is 2. The van der Waals surface area contributed by atoms with E-state index in [-0.39, 0.29) is 18.5 Å². The van der Waals surface area contributed by atoms with E-state index in [1.807, 2.05) is 0 Å². The number of ether oxygens (including phenoxy) is 1. The number of methoxy groups -OCH3 is 1. The van der Waals surface area contributed by atoms with Gasteiger partial charge in [-0.2, -0.15) is 0 Å². The molecule has 0 aromatic heterocycles. The zero-order chi connectivity index (χ0) is 14.6. The highest BCUT2D eigenvalue weighted by molar-refractivity contribution is 6.34. The summed E-state index contributed by atoms with van der Waals surface area (Å²) in [4.78, 5) is 21.2. The van der Waals surface area contributed by atoms with Crippen LogP contribution >= 0.6 is 0 Å². The van der Waals surface area contributed by atoms with Crippen LogP contribution in [0.3, 0.4) is 0 Å². The van der Waals surface area contributed by atoms with E-state index in [1.54, 1.807) is 0 Å². The maximum Gasteiger partial charge on any atom is 0.309 e. The molecule has 1 aromatic rings. The van der Waals surface area contributed by atoms with Gasteiger partial charge in [0.15, 0.2) is 23.1 Å². The van der Waals surface area contributed by atoms with Gasteiger partial charge in [0.05, 0.1) is 7.11 Å². The normalized spacial score (nSPS) is 10.1. The van der Waals surface area contributed by atoms with Gasteiger partial charge >= 0.3 is 11.8 Å². The molecule has 1 rings (SSSR count). The molecule has 6 nitrogen and oxygen atoms in total. The van der Waals surface area contributed by atoms with Gasteiger partial charge < -0.3 is 20.9 Å². The van der Waals surface area contributed by atoms with E-state index in [0.29, 0.717) is 0 Å². The molecule has 0 heterocycles. The van der Waals surface area contributed by atoms with Gasteiger partial charge in [0.2, 0.25) is 0 Å². The highest BCUT2D eigenvalue weighted by Gasteiger charge is 2.18. The number of carbonyl (C=O) groups is 2. The summed E-state index contributed by atoms with van der Waals surface area (Å²) in [6.07, 6.45) is -0.126. The van der Waals surface area contributed by atoms with Gasteiger partial charge in [-0.1, -0.05) is 0 Å². The van der Waals surface area contributed by atoms with E-state index in [4.69, 9.17) is 0 Å². The Kier molecular flexibility index (Phi) is 4.62. The molecule has 0 unspecified atom stereocenters. The molecule has 1 aromatic carbocycles. The summed E-state index contributed by atoms with van der Waals surface area (Å²) in [7, 11) is 1.09. The second-order valence-electron chi connectivity index (χ2n) is 3.58. The molecule has 4 N–H and O–H groups in total. The maximum atomic E-state index is 13.6. The number of benzene rings is 1. The molecule has 0 saturated carbocycles. The molecule has 0 aliphatic carbocycles. The predicted octanol–water partition coefficient (Wildman–Crippen LogP) is -0.177. The Bertz CT molecular complexity index is 520. The van der Waals surface area contributed by atoms with E-state index in [2.05, 4.69) is 15.8 Å². The van der Waals surface area contributed by atoms with Crippen molar-refractivity contribution < 1.29 is 28.2 Å². The highest BCUT2D eigenvalue weighted by atomic mass is 19.1. The molecular weight excluding hydrogens is 262 g/mol. The molecule has 0 fully saturated rings. The predicted molar refractivity (Wildman–Crippen MR) is 60.5 cm³/mol. The summed E-state index contributed by atoms with van der Waals surface area (Å²) in [5.74, 6) is -5.73. The van der Waals surface area contributed by atoms with Gasteiger partial charge in [0, 0.05) is 6.54 Å². The summed E-state index contributed by atoms with van der Waals surface area (Å²) in [6.45, 7) is -0.135. The molecule has 0 atom stereocenters. The van der Waals surface area contributed by atoms with Crippen molar-refractivity contribution in [2.24, 2.45) is 5.73 Å². The topological polar surface area (TPSA) is 102 Å². The zero-order valence-corrected chi connectivity index (χ0v) is 10.00. The Morgan fingerprint density at radius 3 is 2.63 bits per heavy atom. The summed E-state index contributed by atoms with van der Waals surface area (Å²) >= 11 is 0. The fourth-order valence-electron chi connectivity index (χ4n) is 1.42. The lowest BCUT2D eigenvalue weighted by atomic mass is 10.1. The van der Waals surface area contributed by atoms with Crippen molar-refractivity contribution in [1.82, 2.24) is 5.32 Å². The first kappa shape index (κ1) is 14.7. The van der Waals surface area contributed by atoms with Gasteiger partial charge in [0.1, 0.15) is 0 Å². The van der Waals surface area contributed by atoms with Crippen molar-refractivity contribution >= 4 is 11.8 Å². The number of carbonyl (C=O) groups excluding carboxylic acids is 2. The number of halogens is 2. The van der Waals surface area contributed by atoms with Gasteiger partial charge in [-0.05, 0) is 18.1 Å². The zero-order valence-electron chi connectivity index (χ0n) is 10.00. The molecule has 0 aliphatic heterocycles. The molecule has 19 heavy (non-hydrogen) atoms. The molecule has 2 amide bonds. The van der Waals surface area contributed by atoms with Gasteiger partial charge in [-0.3, -0.25) is 9.59 Å². The number of aromatic hydroxyl groups is 1. The van der Waals surface area contributed by atoms with Crippen molar-refractivity contribution in [2.75, 3.05) is 13.7 Å². The minimum absolute atomic E-state index is 0.126. The Hall–Kier alpha value is -2.38. The van der Waals surface area contributed by atoms with Crippen LogP contribution in [0.25, 0.3) is 0 Å². The third-order valence-electron chi connectivity index (χ3n) is 2.33. The minimum atomic E-state index is -1.18. The molecular formula is C11H12F2N2O4. The Morgan fingerprint density at radius 2 is 2.11 bits per heavy atom. The smallest absolute Gasteiger partial charge is 0.309 e. The van der Waals surface area contributed by atoms with Gasteiger partial charge in [0.25, 0.3) is 0 Å². The lowest BCUT2D eigenvalue weighted by molar-refractivity contribution is -0.137. The largest absolute Gasteiger partial charge is 0.502 e. The lowest BCUT2D eigenvalue weighted by Crippen LogP contribution is -2.37. The Balaban J connectivity index is 2.80. The quantitative estimate of drug-likeness (QED) is 0.663. The SMILES string of the molecule is COc1c(F)cc(CCNC(=O)C(N)=O)c(F)c1O. The van der Waals surface area contributed by atoms with Crippen molar-refractivity contribution in [3.05, 3.63) is 23.3 Å². The second kappa shape index (κ2) is 5.98. The van der Waals surface area contributed by atoms with Crippen molar-refractivity contribution in [3.8, 4) is 11.5 Å². The lowest BCUT2D eigenvalue weighted by Gasteiger charge is -2.10. The first-order valence-corrected chi connectivity index (χ1v) is 5.20. The fraction of sp³-hybridized carbons (Fsp3) is 0.273. The third kappa shape index (κ3) is 3.30. The summed E-state index contributed by atoms with van der Waals surface area (Å²) in [5.41, 5.74) is 4.52. The number of nitrogens with two attached hydrogens (primary N) is 1. The van der Waals surface area contributed by atoms with E-state index >= 15 is 0 Å². The number of hydrogen-bond acceptors (Lipinski definition) is 4. The maximum absolute atomic E-state index is 13.6. The second-order valence-corrected chi connectivity index (χ2v) is 3.58. The number of phenols is 1. The monoisotopic (exact) mass is 274 g/mol. The van der Waals surface area contributed by atoms with Crippen molar-refractivity contribution in [3.63, 3.8) is 0 Å². The van der Waals surface area contributed by atoms with Crippen LogP contribution in [0.4, 0.5) is 8.78 Å². The number of rotatable bonds is 4. The first-order valence-electron chi connectivity index (χ1n) is 5.20. The van der Waals surface area contributed by atoms with Crippen LogP contribution in [0.2, 0.25) is 0 Å². The molecule has 0 saturated heterocycles. The highest BCUT2D eigenvalue weighted by Crippen LogP contribution is 2.33. The number of phenolic OH excluding ortho intramolecular Hbond substituents is 1. The average molecular weight is 274 g/mol. The van der Waals surface area contributed by atoms with Crippen LogP contribution in [-0.2, 0) is 16.0 Å². The van der Waals surface area contributed by atoms with Gasteiger partial charge in [-0.25, -0.2) is 8.78 Å². The summed E-state index contributed by atoms with van der Waals surface area (Å²) < 4.78 is 31.5. The minimum Gasteiger partial charge on any atom is -0.502 e. The molecule has 0 spiro atoms. The Labute approximate surface area is 107 Å². The van der Waals surface area contributed by atoms with Crippen LogP contribution in [-0.4, -0.2) is 30.6 Å².